The van der Waals surface area contributed by atoms with E-state index in [4.69, 9.17) is 0 Å². The van der Waals surface area contributed by atoms with Crippen LogP contribution in [0.2, 0.25) is 0 Å². The van der Waals surface area contributed by atoms with Gasteiger partial charge in [-0.2, -0.15) is 0 Å². The second kappa shape index (κ2) is 8.29. The summed E-state index contributed by atoms with van der Waals surface area (Å²) >= 11 is 0. The molecule has 2 aromatic carbocycles. The molecule has 2 aromatic rings. The van der Waals surface area contributed by atoms with E-state index in [2.05, 4.69) is 84.7 Å². The SMILES string of the molecule is CC#CCCNC(C)C(c1ccccc1)c1ccccc1. The molecule has 2 rings (SSSR count). The number of rotatable bonds is 6. The monoisotopic (exact) mass is 277 g/mol. The van der Waals surface area contributed by atoms with E-state index in [0.717, 1.165) is 13.0 Å². The van der Waals surface area contributed by atoms with Crippen LogP contribution in [-0.2, 0) is 0 Å². The second-order valence-corrected chi connectivity index (χ2v) is 5.22. The molecule has 0 aliphatic rings. The average molecular weight is 277 g/mol. The molecule has 0 radical (unpaired) electrons. The number of hydrogen-bond acceptors (Lipinski definition) is 1. The molecule has 0 saturated heterocycles. The lowest BCUT2D eigenvalue weighted by Gasteiger charge is -2.26. The van der Waals surface area contributed by atoms with Gasteiger partial charge in [0.05, 0.1) is 0 Å². The van der Waals surface area contributed by atoms with Gasteiger partial charge in [0.15, 0.2) is 0 Å². The molecule has 0 aliphatic heterocycles. The van der Waals surface area contributed by atoms with Crippen molar-refractivity contribution in [2.24, 2.45) is 0 Å². The molecule has 108 valence electrons. The highest BCUT2D eigenvalue weighted by Gasteiger charge is 2.20. The van der Waals surface area contributed by atoms with Gasteiger partial charge in [-0.3, -0.25) is 0 Å². The van der Waals surface area contributed by atoms with Crippen molar-refractivity contribution in [1.29, 1.82) is 0 Å². The molecule has 21 heavy (non-hydrogen) atoms. The molecule has 0 heterocycles. The summed E-state index contributed by atoms with van der Waals surface area (Å²) < 4.78 is 0. The van der Waals surface area contributed by atoms with Gasteiger partial charge < -0.3 is 5.32 Å². The van der Waals surface area contributed by atoms with Crippen molar-refractivity contribution in [2.45, 2.75) is 32.2 Å². The van der Waals surface area contributed by atoms with Gasteiger partial charge in [-0.15, -0.1) is 11.8 Å². The molecule has 0 aromatic heterocycles. The third-order valence-corrected chi connectivity index (χ3v) is 3.71. The van der Waals surface area contributed by atoms with Gasteiger partial charge in [0.25, 0.3) is 0 Å². The molecule has 1 heteroatoms. The Bertz CT molecular complexity index is 538. The Kier molecular flexibility index (Phi) is 6.06. The van der Waals surface area contributed by atoms with E-state index in [1.165, 1.54) is 11.1 Å². The largest absolute Gasteiger partial charge is 0.312 e. The summed E-state index contributed by atoms with van der Waals surface area (Å²) in [4.78, 5) is 0. The topological polar surface area (TPSA) is 12.0 Å². The smallest absolute Gasteiger partial charge is 0.0240 e. The van der Waals surface area contributed by atoms with E-state index in [0.29, 0.717) is 12.0 Å². The third-order valence-electron chi connectivity index (χ3n) is 3.71. The van der Waals surface area contributed by atoms with E-state index in [-0.39, 0.29) is 0 Å². The van der Waals surface area contributed by atoms with E-state index in [1.54, 1.807) is 0 Å². The number of nitrogens with one attached hydrogen (secondary N) is 1. The highest BCUT2D eigenvalue weighted by atomic mass is 14.9. The second-order valence-electron chi connectivity index (χ2n) is 5.22. The van der Waals surface area contributed by atoms with Crippen LogP contribution in [0.15, 0.2) is 60.7 Å². The number of hydrogen-bond donors (Lipinski definition) is 1. The summed E-state index contributed by atoms with van der Waals surface area (Å²) in [6, 6.07) is 21.8. The lowest BCUT2D eigenvalue weighted by molar-refractivity contribution is 0.506. The van der Waals surface area contributed by atoms with Crippen molar-refractivity contribution in [3.8, 4) is 11.8 Å². The maximum atomic E-state index is 3.61. The Hall–Kier alpha value is -2.04. The average Bonchev–Trinajstić information content (AvgIpc) is 2.54. The lowest BCUT2D eigenvalue weighted by Crippen LogP contribution is -2.33. The summed E-state index contributed by atoms with van der Waals surface area (Å²) in [5, 5.41) is 3.61. The van der Waals surface area contributed by atoms with Crippen molar-refractivity contribution < 1.29 is 0 Å². The first kappa shape index (κ1) is 15.4. The zero-order valence-corrected chi connectivity index (χ0v) is 12.8. The van der Waals surface area contributed by atoms with Crippen molar-refractivity contribution in [2.75, 3.05) is 6.54 Å². The van der Waals surface area contributed by atoms with E-state index < -0.39 is 0 Å². The van der Waals surface area contributed by atoms with Crippen molar-refractivity contribution in [3.05, 3.63) is 71.8 Å². The maximum absolute atomic E-state index is 3.61. The van der Waals surface area contributed by atoms with E-state index >= 15 is 0 Å². The highest BCUT2D eigenvalue weighted by molar-refractivity contribution is 5.34. The Morgan fingerprint density at radius 1 is 0.905 bits per heavy atom. The minimum atomic E-state index is 0.363. The highest BCUT2D eigenvalue weighted by Crippen LogP contribution is 2.27. The molecule has 0 amide bonds. The minimum Gasteiger partial charge on any atom is -0.312 e. The van der Waals surface area contributed by atoms with Gasteiger partial charge in [0.2, 0.25) is 0 Å². The van der Waals surface area contributed by atoms with E-state index in [9.17, 15) is 0 Å². The molecule has 1 atom stereocenters. The van der Waals surface area contributed by atoms with Crippen LogP contribution < -0.4 is 5.32 Å². The van der Waals surface area contributed by atoms with Gasteiger partial charge in [-0.25, -0.2) is 0 Å². The van der Waals surface area contributed by atoms with Gasteiger partial charge in [-0.05, 0) is 25.0 Å². The van der Waals surface area contributed by atoms with Crippen LogP contribution in [0.1, 0.15) is 37.3 Å². The van der Waals surface area contributed by atoms with Crippen LogP contribution in [-0.4, -0.2) is 12.6 Å². The fraction of sp³-hybridized carbons (Fsp3) is 0.300. The first-order valence-corrected chi connectivity index (χ1v) is 7.56. The molecule has 0 fully saturated rings. The summed E-state index contributed by atoms with van der Waals surface area (Å²) in [6.45, 7) is 5.07. The zero-order chi connectivity index (χ0) is 14.9. The fourth-order valence-electron chi connectivity index (χ4n) is 2.70. The van der Waals surface area contributed by atoms with Gasteiger partial charge in [-0.1, -0.05) is 60.7 Å². The van der Waals surface area contributed by atoms with Crippen molar-refractivity contribution in [3.63, 3.8) is 0 Å². The third kappa shape index (κ3) is 4.48. The van der Waals surface area contributed by atoms with Crippen molar-refractivity contribution in [1.82, 2.24) is 5.32 Å². The standard InChI is InChI=1S/C20H23N/c1-3-4-11-16-21-17(2)20(18-12-7-5-8-13-18)19-14-9-6-10-15-19/h5-10,12-15,17,20-21H,11,16H2,1-2H3. The summed E-state index contributed by atoms with van der Waals surface area (Å²) in [5.74, 6) is 6.42. The summed E-state index contributed by atoms with van der Waals surface area (Å²) in [6.07, 6.45) is 0.900. The first-order chi connectivity index (χ1) is 10.3. The van der Waals surface area contributed by atoms with Crippen LogP contribution in [0.4, 0.5) is 0 Å². The Morgan fingerprint density at radius 3 is 1.90 bits per heavy atom. The Morgan fingerprint density at radius 2 is 1.43 bits per heavy atom. The lowest BCUT2D eigenvalue weighted by atomic mass is 9.86. The van der Waals surface area contributed by atoms with Crippen LogP contribution in [0.5, 0.6) is 0 Å². The van der Waals surface area contributed by atoms with Crippen LogP contribution in [0, 0.1) is 11.8 Å². The van der Waals surface area contributed by atoms with Gasteiger partial charge >= 0.3 is 0 Å². The van der Waals surface area contributed by atoms with Crippen molar-refractivity contribution >= 4 is 0 Å². The molecular formula is C20H23N. The molecule has 0 spiro atoms. The Balaban J connectivity index is 2.18. The molecule has 0 saturated carbocycles. The summed E-state index contributed by atoms with van der Waals surface area (Å²) in [7, 11) is 0. The molecule has 0 bridgehead atoms. The quantitative estimate of drug-likeness (QED) is 0.616. The molecule has 0 aliphatic carbocycles. The predicted octanol–water partition coefficient (Wildman–Crippen LogP) is 4.21. The Labute approximate surface area is 128 Å². The fourth-order valence-corrected chi connectivity index (χ4v) is 2.70. The van der Waals surface area contributed by atoms with Crippen LogP contribution in [0.25, 0.3) is 0 Å². The summed E-state index contributed by atoms with van der Waals surface area (Å²) in [5.41, 5.74) is 2.70. The minimum absolute atomic E-state index is 0.363. The molecule has 1 N–H and O–H groups in total. The van der Waals surface area contributed by atoms with Gasteiger partial charge in [0, 0.05) is 24.9 Å². The predicted molar refractivity (Wildman–Crippen MR) is 90.3 cm³/mol. The number of benzene rings is 2. The van der Waals surface area contributed by atoms with Crippen LogP contribution in [0.3, 0.4) is 0 Å². The maximum Gasteiger partial charge on any atom is 0.0240 e. The normalized spacial score (nSPS) is 11.8. The first-order valence-electron chi connectivity index (χ1n) is 7.56. The zero-order valence-electron chi connectivity index (χ0n) is 12.8. The van der Waals surface area contributed by atoms with Gasteiger partial charge in [0.1, 0.15) is 0 Å². The molecule has 1 nitrogen and oxygen atoms in total. The van der Waals surface area contributed by atoms with Crippen LogP contribution >= 0.6 is 0 Å². The molecular weight excluding hydrogens is 254 g/mol. The van der Waals surface area contributed by atoms with E-state index in [1.807, 2.05) is 6.92 Å². The molecule has 1 unspecified atom stereocenters.